The Morgan fingerprint density at radius 3 is 2.00 bits per heavy atom. The number of hydrogen-bond donors (Lipinski definition) is 0. The van der Waals surface area contributed by atoms with Gasteiger partial charge in [0.05, 0.1) is 17.5 Å². The summed E-state index contributed by atoms with van der Waals surface area (Å²) in [6.07, 6.45) is 10.6. The minimum absolute atomic E-state index is 0.329. The van der Waals surface area contributed by atoms with Crippen molar-refractivity contribution < 1.29 is 13.7 Å². The maximum absolute atomic E-state index is 6.32. The molecule has 32 heavy (non-hydrogen) atoms. The van der Waals surface area contributed by atoms with Crippen LogP contribution in [0.25, 0.3) is 21.7 Å². The van der Waals surface area contributed by atoms with E-state index in [-0.39, 0.29) is 18.3 Å². The summed E-state index contributed by atoms with van der Waals surface area (Å²) in [5, 5.41) is 3.72. The van der Waals surface area contributed by atoms with Gasteiger partial charge in [-0.2, -0.15) is 0 Å². The zero-order chi connectivity index (χ0) is 21.9. The highest BCUT2D eigenvalue weighted by molar-refractivity contribution is 6.62. The van der Waals surface area contributed by atoms with Gasteiger partial charge in [-0.3, -0.25) is 0 Å². The number of fused-ring (bicyclic) bond motifs is 3. The van der Waals surface area contributed by atoms with Crippen molar-refractivity contribution in [2.24, 2.45) is 17.8 Å². The standard InChI is InChI=1S/C28H33BO3/c1-26(2)27(3,4)32-29(31-26)21-6-8-22-20(12-21)5-7-23-24(16-30-25(22)23)28-13-17-9-18(14-28)11-19(10-17)15-28/h5-8,12,16-19H,9-11,13-15H2,1-4H3. The third-order valence-electron chi connectivity index (χ3n) is 9.71. The summed E-state index contributed by atoms with van der Waals surface area (Å²) >= 11 is 0. The van der Waals surface area contributed by atoms with E-state index in [4.69, 9.17) is 13.7 Å². The molecule has 0 spiro atoms. The first-order valence-corrected chi connectivity index (χ1v) is 12.5. The highest BCUT2D eigenvalue weighted by atomic mass is 16.7. The molecule has 5 fully saturated rings. The van der Waals surface area contributed by atoms with Crippen LogP contribution in [0.4, 0.5) is 0 Å². The van der Waals surface area contributed by atoms with Gasteiger partial charge in [-0.05, 0) is 100 Å². The second kappa shape index (κ2) is 6.21. The van der Waals surface area contributed by atoms with Crippen LogP contribution in [0.1, 0.15) is 71.8 Å². The number of benzene rings is 2. The number of furan rings is 1. The quantitative estimate of drug-likeness (QED) is 0.446. The molecule has 1 aliphatic heterocycles. The molecule has 4 saturated carbocycles. The SMILES string of the molecule is CC1(C)OB(c2ccc3c(ccc4c(C56CC7CC(CC(C7)C5)C6)coc43)c2)OC1(C)C. The Kier molecular flexibility index (Phi) is 3.82. The monoisotopic (exact) mass is 428 g/mol. The van der Waals surface area contributed by atoms with Crippen LogP contribution in [0.3, 0.4) is 0 Å². The molecule has 4 bridgehead atoms. The average molecular weight is 428 g/mol. The lowest BCUT2D eigenvalue weighted by Gasteiger charge is -2.56. The zero-order valence-electron chi connectivity index (χ0n) is 19.7. The highest BCUT2D eigenvalue weighted by Crippen LogP contribution is 2.61. The molecule has 1 saturated heterocycles. The Bertz CT molecular complexity index is 1180. The Morgan fingerprint density at radius 1 is 0.781 bits per heavy atom. The van der Waals surface area contributed by atoms with Gasteiger partial charge < -0.3 is 13.7 Å². The van der Waals surface area contributed by atoms with Crippen molar-refractivity contribution >= 4 is 34.3 Å². The Balaban J connectivity index is 1.29. The molecule has 0 radical (unpaired) electrons. The Morgan fingerprint density at radius 2 is 1.38 bits per heavy atom. The third kappa shape index (κ3) is 2.63. The lowest BCUT2D eigenvalue weighted by molar-refractivity contribution is -0.00483. The first kappa shape index (κ1) is 19.7. The van der Waals surface area contributed by atoms with E-state index >= 15 is 0 Å². The van der Waals surface area contributed by atoms with Crippen LogP contribution in [0, 0.1) is 17.8 Å². The maximum Gasteiger partial charge on any atom is 0.494 e. The van der Waals surface area contributed by atoms with Crippen LogP contribution in [0.2, 0.25) is 0 Å². The van der Waals surface area contributed by atoms with Gasteiger partial charge in [0.25, 0.3) is 0 Å². The zero-order valence-corrected chi connectivity index (χ0v) is 19.7. The minimum atomic E-state index is -0.334. The van der Waals surface area contributed by atoms with E-state index in [1.807, 2.05) is 0 Å². The van der Waals surface area contributed by atoms with Crippen LogP contribution >= 0.6 is 0 Å². The Hall–Kier alpha value is -1.78. The van der Waals surface area contributed by atoms with Gasteiger partial charge in [0, 0.05) is 16.3 Å². The van der Waals surface area contributed by atoms with Crippen molar-refractivity contribution in [2.75, 3.05) is 0 Å². The van der Waals surface area contributed by atoms with Crippen LogP contribution in [-0.2, 0) is 14.7 Å². The molecule has 0 N–H and O–H groups in total. The summed E-state index contributed by atoms with van der Waals surface area (Å²) in [4.78, 5) is 0. The van der Waals surface area contributed by atoms with Gasteiger partial charge in [-0.25, -0.2) is 0 Å². The van der Waals surface area contributed by atoms with Crippen molar-refractivity contribution in [3.8, 4) is 0 Å². The summed E-state index contributed by atoms with van der Waals surface area (Å²) in [6, 6.07) is 11.1. The smallest absolute Gasteiger partial charge is 0.463 e. The highest BCUT2D eigenvalue weighted by Gasteiger charge is 2.53. The molecule has 0 amide bonds. The van der Waals surface area contributed by atoms with Crippen molar-refractivity contribution in [1.29, 1.82) is 0 Å². The maximum atomic E-state index is 6.32. The molecule has 166 valence electrons. The number of rotatable bonds is 2. The first-order valence-electron chi connectivity index (χ1n) is 12.5. The summed E-state index contributed by atoms with van der Waals surface area (Å²) in [5.41, 5.74) is 3.31. The molecule has 5 aliphatic rings. The van der Waals surface area contributed by atoms with Crippen LogP contribution in [0.5, 0.6) is 0 Å². The molecule has 1 aromatic heterocycles. The van der Waals surface area contributed by atoms with E-state index in [1.54, 1.807) is 0 Å². The topological polar surface area (TPSA) is 31.6 Å². The van der Waals surface area contributed by atoms with Crippen molar-refractivity contribution in [1.82, 2.24) is 0 Å². The number of hydrogen-bond acceptors (Lipinski definition) is 3. The van der Waals surface area contributed by atoms with Gasteiger partial charge >= 0.3 is 7.12 Å². The van der Waals surface area contributed by atoms with Gasteiger partial charge in [0.1, 0.15) is 5.58 Å². The van der Waals surface area contributed by atoms with Crippen LogP contribution < -0.4 is 5.46 Å². The lowest BCUT2D eigenvalue weighted by atomic mass is 9.48. The fraction of sp³-hybridized carbons (Fsp3) is 0.571. The van der Waals surface area contributed by atoms with Crippen LogP contribution in [0.15, 0.2) is 41.0 Å². The van der Waals surface area contributed by atoms with Crippen molar-refractivity contribution in [3.63, 3.8) is 0 Å². The summed E-state index contributed by atoms with van der Waals surface area (Å²) in [7, 11) is -0.334. The summed E-state index contributed by atoms with van der Waals surface area (Å²) < 4.78 is 18.9. The molecule has 4 aliphatic carbocycles. The van der Waals surface area contributed by atoms with E-state index in [0.29, 0.717) is 5.41 Å². The molecule has 4 heteroatoms. The summed E-state index contributed by atoms with van der Waals surface area (Å²) in [6.45, 7) is 8.41. The molecule has 0 atom stereocenters. The van der Waals surface area contributed by atoms with E-state index in [0.717, 1.165) is 28.8 Å². The largest absolute Gasteiger partial charge is 0.494 e. The second-order valence-corrected chi connectivity index (χ2v) is 12.4. The second-order valence-electron chi connectivity index (χ2n) is 12.4. The van der Waals surface area contributed by atoms with E-state index in [1.165, 1.54) is 60.2 Å². The lowest BCUT2D eigenvalue weighted by Crippen LogP contribution is -2.48. The van der Waals surface area contributed by atoms with Gasteiger partial charge in [-0.1, -0.05) is 30.3 Å². The molecule has 2 heterocycles. The van der Waals surface area contributed by atoms with Crippen molar-refractivity contribution in [2.45, 2.75) is 82.8 Å². The predicted octanol–water partition coefficient (Wildman–Crippen LogP) is 6.35. The predicted molar refractivity (Wildman–Crippen MR) is 129 cm³/mol. The summed E-state index contributed by atoms with van der Waals surface area (Å²) in [5.74, 6) is 2.82. The minimum Gasteiger partial charge on any atom is -0.463 e. The molecular formula is C28H33BO3. The Labute approximate surface area is 191 Å². The normalized spacial score (nSPS) is 34.8. The van der Waals surface area contributed by atoms with Gasteiger partial charge in [-0.15, -0.1) is 0 Å². The molecule has 8 rings (SSSR count). The van der Waals surface area contributed by atoms with Crippen molar-refractivity contribution in [3.05, 3.63) is 42.2 Å². The third-order valence-corrected chi connectivity index (χ3v) is 9.71. The van der Waals surface area contributed by atoms with E-state index < -0.39 is 0 Å². The fourth-order valence-electron chi connectivity index (χ4n) is 7.82. The molecular weight excluding hydrogens is 395 g/mol. The van der Waals surface area contributed by atoms with Gasteiger partial charge in [0.15, 0.2) is 0 Å². The first-order chi connectivity index (χ1) is 15.2. The van der Waals surface area contributed by atoms with Crippen LogP contribution in [-0.4, -0.2) is 18.3 Å². The average Bonchev–Trinajstić information content (AvgIpc) is 3.25. The molecule has 0 unspecified atom stereocenters. The van der Waals surface area contributed by atoms with E-state index in [2.05, 4.69) is 64.3 Å². The van der Waals surface area contributed by atoms with Gasteiger partial charge in [0.2, 0.25) is 0 Å². The molecule has 2 aromatic carbocycles. The fourth-order valence-corrected chi connectivity index (χ4v) is 7.82. The van der Waals surface area contributed by atoms with E-state index in [9.17, 15) is 0 Å². The molecule has 3 aromatic rings. The molecule has 3 nitrogen and oxygen atoms in total.